The number of para-hydroxylation sites is 1. The lowest BCUT2D eigenvalue weighted by Crippen LogP contribution is -2.35. The van der Waals surface area contributed by atoms with Gasteiger partial charge in [-0.3, -0.25) is 14.6 Å². The zero-order chi connectivity index (χ0) is 25.8. The highest BCUT2D eigenvalue weighted by atomic mass is 19.1. The predicted octanol–water partition coefficient (Wildman–Crippen LogP) is 4.59. The van der Waals surface area contributed by atoms with Gasteiger partial charge in [0.2, 0.25) is 0 Å². The average Bonchev–Trinajstić information content (AvgIpc) is 3.25. The standard InChI is InChI=1S/C28H30F2N4O3/c1-19-13-20(17-33-7-9-36-10-8-33)14-26(31-19)28-22-5-3-4-6-27(22)34(32-28)18-23-24(29)15-21(16-25(23)30)37-12-11-35-2/h3-6,13-16H,7-12,17-18H2,1-2H3. The van der Waals surface area contributed by atoms with Crippen LogP contribution in [-0.4, -0.2) is 66.3 Å². The Morgan fingerprint density at radius 3 is 2.49 bits per heavy atom. The Bertz CT molecular complexity index is 1360. The maximum Gasteiger partial charge on any atom is 0.134 e. The second-order valence-corrected chi connectivity index (χ2v) is 9.12. The first-order chi connectivity index (χ1) is 18.0. The van der Waals surface area contributed by atoms with Crippen LogP contribution in [0.25, 0.3) is 22.3 Å². The van der Waals surface area contributed by atoms with Crippen molar-refractivity contribution in [2.24, 2.45) is 0 Å². The monoisotopic (exact) mass is 508 g/mol. The fraction of sp³-hybridized carbons (Fsp3) is 0.357. The fourth-order valence-corrected chi connectivity index (χ4v) is 4.61. The minimum absolute atomic E-state index is 0.0665. The molecule has 0 bridgehead atoms. The van der Waals surface area contributed by atoms with Crippen molar-refractivity contribution in [2.75, 3.05) is 46.6 Å². The Hall–Kier alpha value is -3.40. The van der Waals surface area contributed by atoms with Crippen LogP contribution in [0.2, 0.25) is 0 Å². The lowest BCUT2D eigenvalue weighted by Gasteiger charge is -2.26. The number of hydrogen-bond acceptors (Lipinski definition) is 6. The lowest BCUT2D eigenvalue weighted by molar-refractivity contribution is 0.0342. The molecule has 9 heteroatoms. The topological polar surface area (TPSA) is 61.6 Å². The zero-order valence-electron chi connectivity index (χ0n) is 21.0. The molecule has 0 saturated carbocycles. The molecule has 7 nitrogen and oxygen atoms in total. The molecule has 37 heavy (non-hydrogen) atoms. The summed E-state index contributed by atoms with van der Waals surface area (Å²) in [5, 5.41) is 5.66. The first-order valence-corrected chi connectivity index (χ1v) is 12.3. The quantitative estimate of drug-likeness (QED) is 0.308. The smallest absolute Gasteiger partial charge is 0.134 e. The minimum atomic E-state index is -0.685. The molecule has 194 valence electrons. The van der Waals surface area contributed by atoms with Crippen molar-refractivity contribution in [3.63, 3.8) is 0 Å². The summed E-state index contributed by atoms with van der Waals surface area (Å²) < 4.78 is 47.3. The molecular formula is C28H30F2N4O3. The first kappa shape index (κ1) is 25.3. The number of nitrogens with zero attached hydrogens (tertiary/aromatic N) is 4. The van der Waals surface area contributed by atoms with Crippen LogP contribution in [0.15, 0.2) is 48.5 Å². The minimum Gasteiger partial charge on any atom is -0.491 e. The van der Waals surface area contributed by atoms with Gasteiger partial charge in [-0.1, -0.05) is 18.2 Å². The van der Waals surface area contributed by atoms with Crippen molar-refractivity contribution in [3.05, 3.63) is 77.0 Å². The molecule has 0 amide bonds. The van der Waals surface area contributed by atoms with Crippen LogP contribution in [0.1, 0.15) is 16.8 Å². The van der Waals surface area contributed by atoms with E-state index in [1.54, 1.807) is 4.68 Å². The molecule has 1 fully saturated rings. The highest BCUT2D eigenvalue weighted by molar-refractivity contribution is 5.92. The van der Waals surface area contributed by atoms with Gasteiger partial charge in [0.15, 0.2) is 0 Å². The Kier molecular flexibility index (Phi) is 7.73. The molecule has 0 atom stereocenters. The third-order valence-corrected chi connectivity index (χ3v) is 6.40. The number of methoxy groups -OCH3 is 1. The summed E-state index contributed by atoms with van der Waals surface area (Å²) in [6, 6.07) is 14.2. The molecule has 0 radical (unpaired) electrons. The van der Waals surface area contributed by atoms with Gasteiger partial charge in [-0.05, 0) is 30.7 Å². The van der Waals surface area contributed by atoms with Crippen LogP contribution >= 0.6 is 0 Å². The zero-order valence-corrected chi connectivity index (χ0v) is 21.0. The molecule has 1 aliphatic heterocycles. The molecule has 1 aliphatic rings. The SMILES string of the molecule is COCCOc1cc(F)c(Cn2nc(-c3cc(CN4CCOCC4)cc(C)n3)c3ccccc32)c(F)c1. The Morgan fingerprint density at radius 1 is 0.973 bits per heavy atom. The highest BCUT2D eigenvalue weighted by Crippen LogP contribution is 2.30. The summed E-state index contributed by atoms with van der Waals surface area (Å²) in [6.45, 7) is 6.48. The first-order valence-electron chi connectivity index (χ1n) is 12.3. The maximum absolute atomic E-state index is 14.9. The summed E-state index contributed by atoms with van der Waals surface area (Å²) >= 11 is 0. The summed E-state index contributed by atoms with van der Waals surface area (Å²) in [4.78, 5) is 7.11. The van der Waals surface area contributed by atoms with Gasteiger partial charge in [0.1, 0.15) is 29.7 Å². The summed E-state index contributed by atoms with van der Waals surface area (Å²) in [7, 11) is 1.54. The van der Waals surface area contributed by atoms with Crippen molar-refractivity contribution in [3.8, 4) is 17.1 Å². The van der Waals surface area contributed by atoms with E-state index in [1.165, 1.54) is 19.2 Å². The van der Waals surface area contributed by atoms with E-state index in [9.17, 15) is 8.78 Å². The number of morpholine rings is 1. The van der Waals surface area contributed by atoms with Crippen LogP contribution in [-0.2, 0) is 22.6 Å². The number of aromatic nitrogens is 3. The lowest BCUT2D eigenvalue weighted by atomic mass is 10.1. The van der Waals surface area contributed by atoms with E-state index in [4.69, 9.17) is 24.3 Å². The van der Waals surface area contributed by atoms with Gasteiger partial charge in [0, 0.05) is 55.5 Å². The number of benzene rings is 2. The highest BCUT2D eigenvalue weighted by Gasteiger charge is 2.19. The fourth-order valence-electron chi connectivity index (χ4n) is 4.61. The number of rotatable bonds is 9. The summed E-state index contributed by atoms with van der Waals surface area (Å²) in [5.74, 6) is -1.25. The molecule has 0 unspecified atom stereocenters. The van der Waals surface area contributed by atoms with E-state index in [2.05, 4.69) is 17.0 Å². The average molecular weight is 509 g/mol. The molecule has 0 spiro atoms. The molecule has 0 N–H and O–H groups in total. The molecule has 3 heterocycles. The normalized spacial score (nSPS) is 14.4. The van der Waals surface area contributed by atoms with Gasteiger partial charge < -0.3 is 14.2 Å². The van der Waals surface area contributed by atoms with Crippen molar-refractivity contribution >= 4 is 10.9 Å². The largest absolute Gasteiger partial charge is 0.491 e. The Labute approximate surface area is 214 Å². The van der Waals surface area contributed by atoms with Gasteiger partial charge in [-0.25, -0.2) is 8.78 Å². The van der Waals surface area contributed by atoms with E-state index in [0.29, 0.717) is 12.3 Å². The third-order valence-electron chi connectivity index (χ3n) is 6.40. The van der Waals surface area contributed by atoms with Crippen molar-refractivity contribution < 1.29 is 23.0 Å². The van der Waals surface area contributed by atoms with Gasteiger partial charge in [-0.2, -0.15) is 5.10 Å². The van der Waals surface area contributed by atoms with Crippen molar-refractivity contribution in [1.82, 2.24) is 19.7 Å². The van der Waals surface area contributed by atoms with E-state index in [-0.39, 0.29) is 24.5 Å². The van der Waals surface area contributed by atoms with Crippen LogP contribution in [0.5, 0.6) is 5.75 Å². The number of fused-ring (bicyclic) bond motifs is 1. The number of halogens is 2. The van der Waals surface area contributed by atoms with E-state index in [0.717, 1.165) is 60.7 Å². The number of hydrogen-bond donors (Lipinski definition) is 0. The molecule has 5 rings (SSSR count). The number of pyridine rings is 1. The van der Waals surface area contributed by atoms with Gasteiger partial charge >= 0.3 is 0 Å². The summed E-state index contributed by atoms with van der Waals surface area (Å²) in [5.41, 5.74) is 4.15. The van der Waals surface area contributed by atoms with Crippen LogP contribution in [0.3, 0.4) is 0 Å². The van der Waals surface area contributed by atoms with Gasteiger partial charge in [0.05, 0.1) is 37.6 Å². The van der Waals surface area contributed by atoms with E-state index < -0.39 is 11.6 Å². The predicted molar refractivity (Wildman–Crippen MR) is 137 cm³/mol. The maximum atomic E-state index is 14.9. The van der Waals surface area contributed by atoms with E-state index in [1.807, 2.05) is 31.2 Å². The number of ether oxygens (including phenoxy) is 3. The van der Waals surface area contributed by atoms with Crippen molar-refractivity contribution in [2.45, 2.75) is 20.0 Å². The third kappa shape index (κ3) is 5.79. The van der Waals surface area contributed by atoms with Crippen molar-refractivity contribution in [1.29, 1.82) is 0 Å². The van der Waals surface area contributed by atoms with Crippen LogP contribution in [0, 0.1) is 18.6 Å². The molecule has 2 aromatic heterocycles. The molecule has 4 aromatic rings. The Balaban J connectivity index is 1.47. The molecule has 2 aromatic carbocycles. The van der Waals surface area contributed by atoms with Gasteiger partial charge in [-0.15, -0.1) is 0 Å². The molecule has 1 saturated heterocycles. The van der Waals surface area contributed by atoms with Crippen LogP contribution < -0.4 is 4.74 Å². The molecular weight excluding hydrogens is 478 g/mol. The Morgan fingerprint density at radius 2 is 1.73 bits per heavy atom. The van der Waals surface area contributed by atoms with Crippen LogP contribution in [0.4, 0.5) is 8.78 Å². The number of aryl methyl sites for hydroxylation is 1. The second-order valence-electron chi connectivity index (χ2n) is 9.12. The summed E-state index contributed by atoms with van der Waals surface area (Å²) in [6.07, 6.45) is 0. The second kappa shape index (κ2) is 11.3. The van der Waals surface area contributed by atoms with E-state index >= 15 is 0 Å². The molecule has 0 aliphatic carbocycles. The van der Waals surface area contributed by atoms with Gasteiger partial charge in [0.25, 0.3) is 0 Å².